The van der Waals surface area contributed by atoms with Crippen LogP contribution in [0.4, 0.5) is 18.9 Å². The van der Waals surface area contributed by atoms with Crippen molar-refractivity contribution in [2.75, 3.05) is 18.1 Å². The lowest BCUT2D eigenvalue weighted by atomic mass is 10.3. The van der Waals surface area contributed by atoms with Crippen LogP contribution in [0.5, 0.6) is 0 Å². The predicted octanol–water partition coefficient (Wildman–Crippen LogP) is 3.22. The van der Waals surface area contributed by atoms with E-state index in [1.807, 2.05) is 0 Å². The lowest BCUT2D eigenvalue weighted by Crippen LogP contribution is -1.96. The monoisotopic (exact) mass is 221 g/mol. The van der Waals surface area contributed by atoms with Gasteiger partial charge in [-0.2, -0.15) is 0 Å². The maximum Gasteiger partial charge on any atom is 0.247 e. The van der Waals surface area contributed by atoms with Crippen molar-refractivity contribution < 1.29 is 13.2 Å². The van der Waals surface area contributed by atoms with Gasteiger partial charge >= 0.3 is 0 Å². The lowest BCUT2D eigenvalue weighted by molar-refractivity contribution is 0.177. The Morgan fingerprint density at radius 2 is 2.14 bits per heavy atom. The Bertz CT molecular complexity index is 304. The number of hydrogen-bond acceptors (Lipinski definition) is 2. The SMILES string of the molecule is CNc1cc(F)ccc1SCC(F)F. The quantitative estimate of drug-likeness (QED) is 0.783. The summed E-state index contributed by atoms with van der Waals surface area (Å²) in [5, 5.41) is 2.75. The second-order valence-electron chi connectivity index (χ2n) is 2.59. The first-order chi connectivity index (χ1) is 6.63. The molecule has 1 N–H and O–H groups in total. The van der Waals surface area contributed by atoms with E-state index in [9.17, 15) is 13.2 Å². The van der Waals surface area contributed by atoms with Crippen LogP contribution in [0.2, 0.25) is 0 Å². The summed E-state index contributed by atoms with van der Waals surface area (Å²) >= 11 is 1.01. The molecule has 0 unspecified atom stereocenters. The molecule has 1 rings (SSSR count). The molecule has 0 saturated heterocycles. The summed E-state index contributed by atoms with van der Waals surface area (Å²) in [6, 6.07) is 4.04. The molecule has 0 amide bonds. The first-order valence-corrected chi connectivity index (χ1v) is 5.00. The summed E-state index contributed by atoms with van der Waals surface area (Å²) in [5.41, 5.74) is 0.538. The van der Waals surface area contributed by atoms with Gasteiger partial charge in [0.25, 0.3) is 0 Å². The third-order valence-electron chi connectivity index (χ3n) is 1.58. The Labute approximate surface area is 84.7 Å². The molecule has 78 valence electrons. The highest BCUT2D eigenvalue weighted by molar-refractivity contribution is 7.99. The first-order valence-electron chi connectivity index (χ1n) is 4.01. The van der Waals surface area contributed by atoms with Crippen LogP contribution < -0.4 is 5.32 Å². The normalized spacial score (nSPS) is 10.6. The second-order valence-corrected chi connectivity index (χ2v) is 3.65. The molecule has 0 fully saturated rings. The van der Waals surface area contributed by atoms with Crippen molar-refractivity contribution in [1.82, 2.24) is 0 Å². The minimum atomic E-state index is -2.35. The van der Waals surface area contributed by atoms with E-state index in [2.05, 4.69) is 5.32 Å². The van der Waals surface area contributed by atoms with Crippen molar-refractivity contribution in [2.45, 2.75) is 11.3 Å². The fraction of sp³-hybridized carbons (Fsp3) is 0.333. The van der Waals surface area contributed by atoms with E-state index in [0.717, 1.165) is 11.8 Å². The number of nitrogens with one attached hydrogen (secondary N) is 1. The van der Waals surface area contributed by atoms with Crippen LogP contribution in [-0.4, -0.2) is 19.2 Å². The molecule has 0 atom stereocenters. The van der Waals surface area contributed by atoms with E-state index in [0.29, 0.717) is 10.6 Å². The zero-order valence-corrected chi connectivity index (χ0v) is 8.38. The van der Waals surface area contributed by atoms with Gasteiger partial charge in [-0.25, -0.2) is 13.2 Å². The van der Waals surface area contributed by atoms with Gasteiger partial charge in [-0.15, -0.1) is 11.8 Å². The Hall–Kier alpha value is -0.840. The third-order valence-corrected chi connectivity index (χ3v) is 2.66. The number of benzene rings is 1. The molecular weight excluding hydrogens is 211 g/mol. The minimum absolute atomic E-state index is 0.277. The van der Waals surface area contributed by atoms with Crippen LogP contribution in [0.3, 0.4) is 0 Å². The topological polar surface area (TPSA) is 12.0 Å². The number of anilines is 1. The molecule has 0 radical (unpaired) electrons. The van der Waals surface area contributed by atoms with Crippen LogP contribution in [-0.2, 0) is 0 Å². The molecule has 0 bridgehead atoms. The van der Waals surface area contributed by atoms with Gasteiger partial charge in [0.1, 0.15) is 5.82 Å². The standard InChI is InChI=1S/C9H10F3NS/c1-13-7-4-6(10)2-3-8(7)14-5-9(11)12/h2-4,9,13H,5H2,1H3. The number of alkyl halides is 2. The van der Waals surface area contributed by atoms with Crippen molar-refractivity contribution >= 4 is 17.4 Å². The highest BCUT2D eigenvalue weighted by Crippen LogP contribution is 2.28. The van der Waals surface area contributed by atoms with Gasteiger partial charge in [0.15, 0.2) is 0 Å². The molecule has 0 aliphatic carbocycles. The summed E-state index contributed by atoms with van der Waals surface area (Å²) in [6.07, 6.45) is -2.35. The van der Waals surface area contributed by atoms with Crippen molar-refractivity contribution in [3.63, 3.8) is 0 Å². The van der Waals surface area contributed by atoms with Crippen LogP contribution in [0.25, 0.3) is 0 Å². The van der Waals surface area contributed by atoms with Crippen molar-refractivity contribution in [3.8, 4) is 0 Å². The molecular formula is C9H10F3NS. The molecule has 0 heterocycles. The fourth-order valence-electron chi connectivity index (χ4n) is 0.976. The predicted molar refractivity (Wildman–Crippen MR) is 52.7 cm³/mol. The summed E-state index contributed by atoms with van der Waals surface area (Å²) in [6.45, 7) is 0. The molecule has 0 aliphatic rings. The average Bonchev–Trinajstić information content (AvgIpc) is 2.15. The summed E-state index contributed by atoms with van der Waals surface area (Å²) < 4.78 is 36.6. The molecule has 0 aliphatic heterocycles. The Morgan fingerprint density at radius 3 is 2.71 bits per heavy atom. The zero-order chi connectivity index (χ0) is 10.6. The van der Waals surface area contributed by atoms with E-state index in [1.165, 1.54) is 18.2 Å². The van der Waals surface area contributed by atoms with Crippen LogP contribution in [0, 0.1) is 5.82 Å². The fourth-order valence-corrected chi connectivity index (χ4v) is 1.76. The van der Waals surface area contributed by atoms with Gasteiger partial charge in [0.2, 0.25) is 6.43 Å². The van der Waals surface area contributed by atoms with Crippen LogP contribution >= 0.6 is 11.8 Å². The lowest BCUT2D eigenvalue weighted by Gasteiger charge is -2.08. The summed E-state index contributed by atoms with van der Waals surface area (Å²) in [7, 11) is 1.63. The van der Waals surface area contributed by atoms with Gasteiger partial charge in [-0.1, -0.05) is 0 Å². The van der Waals surface area contributed by atoms with Crippen LogP contribution in [0.15, 0.2) is 23.1 Å². The molecule has 1 aromatic rings. The smallest absolute Gasteiger partial charge is 0.247 e. The van der Waals surface area contributed by atoms with Gasteiger partial charge in [-0.3, -0.25) is 0 Å². The Morgan fingerprint density at radius 1 is 1.43 bits per heavy atom. The van der Waals surface area contributed by atoms with Gasteiger partial charge in [-0.05, 0) is 18.2 Å². The van der Waals surface area contributed by atoms with E-state index < -0.39 is 6.43 Å². The average molecular weight is 221 g/mol. The van der Waals surface area contributed by atoms with E-state index in [1.54, 1.807) is 7.05 Å². The second kappa shape index (κ2) is 5.14. The molecule has 5 heteroatoms. The van der Waals surface area contributed by atoms with Gasteiger partial charge in [0.05, 0.1) is 11.4 Å². The highest BCUT2D eigenvalue weighted by Gasteiger charge is 2.07. The molecule has 0 aromatic heterocycles. The number of halogens is 3. The van der Waals surface area contributed by atoms with E-state index >= 15 is 0 Å². The van der Waals surface area contributed by atoms with Crippen LogP contribution in [0.1, 0.15) is 0 Å². The van der Waals surface area contributed by atoms with Gasteiger partial charge in [0, 0.05) is 11.9 Å². The summed E-state index contributed by atoms with van der Waals surface area (Å²) in [5.74, 6) is -0.656. The largest absolute Gasteiger partial charge is 0.387 e. The van der Waals surface area contributed by atoms with Gasteiger partial charge < -0.3 is 5.32 Å². The summed E-state index contributed by atoms with van der Waals surface area (Å²) in [4.78, 5) is 0.634. The first kappa shape index (κ1) is 11.2. The van der Waals surface area contributed by atoms with Crippen molar-refractivity contribution in [1.29, 1.82) is 0 Å². The zero-order valence-electron chi connectivity index (χ0n) is 7.56. The number of rotatable bonds is 4. The molecule has 0 spiro atoms. The highest BCUT2D eigenvalue weighted by atomic mass is 32.2. The van der Waals surface area contributed by atoms with Crippen molar-refractivity contribution in [2.24, 2.45) is 0 Å². The Kier molecular flexibility index (Phi) is 4.13. The Balaban J connectivity index is 2.75. The molecule has 1 aromatic carbocycles. The maximum absolute atomic E-state index is 12.7. The maximum atomic E-state index is 12.7. The third kappa shape index (κ3) is 3.14. The molecule has 14 heavy (non-hydrogen) atoms. The number of thioether (sulfide) groups is 1. The van der Waals surface area contributed by atoms with Crippen molar-refractivity contribution in [3.05, 3.63) is 24.0 Å². The molecule has 1 nitrogen and oxygen atoms in total. The van der Waals surface area contributed by atoms with E-state index in [4.69, 9.17) is 0 Å². The minimum Gasteiger partial charge on any atom is -0.387 e. The number of hydrogen-bond donors (Lipinski definition) is 1. The van der Waals surface area contributed by atoms with E-state index in [-0.39, 0.29) is 11.6 Å². The molecule has 0 saturated carbocycles.